The maximum atomic E-state index is 12.2. The van der Waals surface area contributed by atoms with Crippen molar-refractivity contribution >= 4 is 5.82 Å². The van der Waals surface area contributed by atoms with Crippen LogP contribution in [-0.2, 0) is 6.54 Å². The molecule has 146 valence electrons. The van der Waals surface area contributed by atoms with Crippen LogP contribution in [0.3, 0.4) is 0 Å². The van der Waals surface area contributed by atoms with Gasteiger partial charge in [-0.2, -0.15) is 10.4 Å². The highest BCUT2D eigenvalue weighted by Crippen LogP contribution is 2.18. The van der Waals surface area contributed by atoms with Crippen molar-refractivity contribution in [1.82, 2.24) is 24.6 Å². The Labute approximate surface area is 168 Å². The first kappa shape index (κ1) is 18.8. The minimum atomic E-state index is -0.103. The van der Waals surface area contributed by atoms with Crippen molar-refractivity contribution in [3.05, 3.63) is 70.9 Å². The summed E-state index contributed by atoms with van der Waals surface area (Å²) in [5.74, 6) is 0.748. The summed E-state index contributed by atoms with van der Waals surface area (Å²) >= 11 is 0. The molecule has 8 heteroatoms. The highest BCUT2D eigenvalue weighted by Gasteiger charge is 2.20. The molecule has 3 aromatic rings. The molecule has 0 atom stereocenters. The van der Waals surface area contributed by atoms with E-state index in [0.717, 1.165) is 49.8 Å². The van der Waals surface area contributed by atoms with E-state index in [-0.39, 0.29) is 5.56 Å². The molecule has 0 bridgehead atoms. The number of nitriles is 1. The van der Waals surface area contributed by atoms with E-state index in [9.17, 15) is 10.1 Å². The van der Waals surface area contributed by atoms with Crippen LogP contribution in [0.2, 0.25) is 0 Å². The van der Waals surface area contributed by atoms with Gasteiger partial charge in [0.25, 0.3) is 5.56 Å². The topological polar surface area (TPSA) is 90.9 Å². The molecule has 1 saturated heterocycles. The van der Waals surface area contributed by atoms with E-state index < -0.39 is 0 Å². The van der Waals surface area contributed by atoms with Crippen molar-refractivity contribution < 1.29 is 0 Å². The molecule has 3 aromatic heterocycles. The SMILES string of the molecule is N#Cc1cccnc1N1CCN(CCn2nc(-c3ccncc3)ccc2=O)CC1. The Morgan fingerprint density at radius 3 is 2.52 bits per heavy atom. The van der Waals surface area contributed by atoms with E-state index in [0.29, 0.717) is 12.1 Å². The summed E-state index contributed by atoms with van der Waals surface area (Å²) in [6.45, 7) is 4.56. The Bertz CT molecular complexity index is 1070. The van der Waals surface area contributed by atoms with E-state index in [4.69, 9.17) is 0 Å². The van der Waals surface area contributed by atoms with Gasteiger partial charge in [-0.25, -0.2) is 9.67 Å². The van der Waals surface area contributed by atoms with Crippen LogP contribution in [0.1, 0.15) is 5.56 Å². The summed E-state index contributed by atoms with van der Waals surface area (Å²) in [4.78, 5) is 25.0. The van der Waals surface area contributed by atoms with Crippen molar-refractivity contribution in [3.8, 4) is 17.3 Å². The fourth-order valence-corrected chi connectivity index (χ4v) is 3.44. The van der Waals surface area contributed by atoms with Crippen LogP contribution >= 0.6 is 0 Å². The average Bonchev–Trinajstić information content (AvgIpc) is 2.79. The van der Waals surface area contributed by atoms with E-state index in [1.165, 1.54) is 4.68 Å². The molecule has 8 nitrogen and oxygen atoms in total. The molecule has 0 unspecified atom stereocenters. The molecular weight excluding hydrogens is 366 g/mol. The predicted octanol–water partition coefficient (Wildman–Crippen LogP) is 1.39. The molecule has 0 amide bonds. The third-order valence-electron chi connectivity index (χ3n) is 5.05. The summed E-state index contributed by atoms with van der Waals surface area (Å²) in [5.41, 5.74) is 2.19. The molecular formula is C21H21N7O. The Balaban J connectivity index is 1.37. The van der Waals surface area contributed by atoms with Crippen LogP contribution in [-0.4, -0.2) is 57.4 Å². The average molecular weight is 387 g/mol. The largest absolute Gasteiger partial charge is 0.353 e. The standard InChI is InChI=1S/C21H21N7O/c22-16-18-2-1-7-24-21(18)27-13-10-26(11-14-27)12-15-28-20(29)4-3-19(25-28)17-5-8-23-9-6-17/h1-9H,10-15H2. The number of rotatable bonds is 5. The normalized spacial score (nSPS) is 14.5. The molecule has 1 aliphatic rings. The van der Waals surface area contributed by atoms with Gasteiger partial charge in [0.05, 0.1) is 17.8 Å². The number of aromatic nitrogens is 4. The van der Waals surface area contributed by atoms with Crippen LogP contribution in [0.5, 0.6) is 0 Å². The third-order valence-corrected chi connectivity index (χ3v) is 5.05. The predicted molar refractivity (Wildman–Crippen MR) is 109 cm³/mol. The van der Waals surface area contributed by atoms with Crippen molar-refractivity contribution in [2.45, 2.75) is 6.54 Å². The van der Waals surface area contributed by atoms with Crippen molar-refractivity contribution in [1.29, 1.82) is 5.26 Å². The van der Waals surface area contributed by atoms with Crippen LogP contribution in [0.15, 0.2) is 59.8 Å². The van der Waals surface area contributed by atoms with E-state index >= 15 is 0 Å². The Kier molecular flexibility index (Phi) is 5.59. The van der Waals surface area contributed by atoms with Gasteiger partial charge >= 0.3 is 0 Å². The van der Waals surface area contributed by atoms with Gasteiger partial charge in [0.2, 0.25) is 0 Å². The number of pyridine rings is 2. The molecule has 0 radical (unpaired) electrons. The second-order valence-electron chi connectivity index (χ2n) is 6.83. The first-order valence-electron chi connectivity index (χ1n) is 9.55. The van der Waals surface area contributed by atoms with Gasteiger partial charge in [0, 0.05) is 62.9 Å². The molecule has 0 N–H and O–H groups in total. The first-order chi connectivity index (χ1) is 14.2. The fourth-order valence-electron chi connectivity index (χ4n) is 3.44. The smallest absolute Gasteiger partial charge is 0.266 e. The van der Waals surface area contributed by atoms with Gasteiger partial charge in [-0.15, -0.1) is 0 Å². The number of anilines is 1. The van der Waals surface area contributed by atoms with Gasteiger partial charge in [0.1, 0.15) is 11.9 Å². The second-order valence-corrected chi connectivity index (χ2v) is 6.83. The minimum absolute atomic E-state index is 0.103. The van der Waals surface area contributed by atoms with E-state index in [1.54, 1.807) is 42.9 Å². The molecule has 29 heavy (non-hydrogen) atoms. The molecule has 4 rings (SSSR count). The number of hydrogen-bond donors (Lipinski definition) is 0. The van der Waals surface area contributed by atoms with Crippen molar-refractivity contribution in [2.75, 3.05) is 37.6 Å². The quantitative estimate of drug-likeness (QED) is 0.653. The Morgan fingerprint density at radius 1 is 0.966 bits per heavy atom. The summed E-state index contributed by atoms with van der Waals surface area (Å²) in [6, 6.07) is 12.8. The molecule has 0 saturated carbocycles. The number of hydrogen-bond acceptors (Lipinski definition) is 7. The number of piperazine rings is 1. The summed E-state index contributed by atoms with van der Waals surface area (Å²) in [7, 11) is 0. The molecule has 4 heterocycles. The molecule has 0 aromatic carbocycles. The minimum Gasteiger partial charge on any atom is -0.353 e. The van der Waals surface area contributed by atoms with Gasteiger partial charge in [0.15, 0.2) is 0 Å². The van der Waals surface area contributed by atoms with Crippen LogP contribution in [0.4, 0.5) is 5.82 Å². The van der Waals surface area contributed by atoms with Crippen LogP contribution in [0.25, 0.3) is 11.3 Å². The zero-order valence-electron chi connectivity index (χ0n) is 16.0. The molecule has 1 fully saturated rings. The maximum Gasteiger partial charge on any atom is 0.266 e. The Hall–Kier alpha value is -3.57. The van der Waals surface area contributed by atoms with Gasteiger partial charge in [-0.05, 0) is 30.3 Å². The van der Waals surface area contributed by atoms with Crippen LogP contribution in [0, 0.1) is 11.3 Å². The summed E-state index contributed by atoms with van der Waals surface area (Å²) in [5, 5.41) is 13.8. The molecule has 0 spiro atoms. The third kappa shape index (κ3) is 4.31. The summed E-state index contributed by atoms with van der Waals surface area (Å²) < 4.78 is 1.52. The zero-order valence-corrected chi connectivity index (χ0v) is 16.0. The van der Waals surface area contributed by atoms with Crippen molar-refractivity contribution in [3.63, 3.8) is 0 Å². The first-order valence-corrected chi connectivity index (χ1v) is 9.55. The summed E-state index contributed by atoms with van der Waals surface area (Å²) in [6.07, 6.45) is 5.15. The molecule has 0 aliphatic carbocycles. The second kappa shape index (κ2) is 8.63. The van der Waals surface area contributed by atoms with Gasteiger partial charge in [-0.3, -0.25) is 14.7 Å². The van der Waals surface area contributed by atoms with Gasteiger partial charge < -0.3 is 4.90 Å². The highest BCUT2D eigenvalue weighted by molar-refractivity contribution is 5.57. The monoisotopic (exact) mass is 387 g/mol. The molecule has 1 aliphatic heterocycles. The highest BCUT2D eigenvalue weighted by atomic mass is 16.1. The lowest BCUT2D eigenvalue weighted by Crippen LogP contribution is -2.48. The lowest BCUT2D eigenvalue weighted by Gasteiger charge is -2.35. The fraction of sp³-hybridized carbons (Fsp3) is 0.286. The number of nitrogens with zero attached hydrogens (tertiary/aromatic N) is 7. The zero-order chi connectivity index (χ0) is 20.1. The van der Waals surface area contributed by atoms with Crippen molar-refractivity contribution in [2.24, 2.45) is 0 Å². The van der Waals surface area contributed by atoms with E-state index in [1.807, 2.05) is 12.1 Å². The lowest BCUT2D eigenvalue weighted by atomic mass is 10.2. The van der Waals surface area contributed by atoms with Crippen LogP contribution < -0.4 is 10.5 Å². The Morgan fingerprint density at radius 2 is 1.76 bits per heavy atom. The maximum absolute atomic E-state index is 12.2. The lowest BCUT2D eigenvalue weighted by molar-refractivity contribution is 0.242. The van der Waals surface area contributed by atoms with Gasteiger partial charge in [-0.1, -0.05) is 0 Å². The van der Waals surface area contributed by atoms with E-state index in [2.05, 4.69) is 30.9 Å².